The van der Waals surface area contributed by atoms with E-state index in [0.29, 0.717) is 17.3 Å². The monoisotopic (exact) mass is 482 g/mol. The Morgan fingerprint density at radius 2 is 1.97 bits per heavy atom. The first-order valence-electron chi connectivity index (χ1n) is 8.81. The minimum Gasteiger partial charge on any atom is -0.360 e. The van der Waals surface area contributed by atoms with Crippen LogP contribution in [0.1, 0.15) is 18.2 Å². The van der Waals surface area contributed by atoms with Crippen molar-refractivity contribution in [1.82, 2.24) is 10.1 Å². The van der Waals surface area contributed by atoms with E-state index in [1.54, 1.807) is 33.0 Å². The first kappa shape index (κ1) is 23.0. The predicted molar refractivity (Wildman–Crippen MR) is 117 cm³/mol. The van der Waals surface area contributed by atoms with Gasteiger partial charge in [0.25, 0.3) is 0 Å². The van der Waals surface area contributed by atoms with E-state index in [1.807, 2.05) is 19.1 Å². The lowest BCUT2D eigenvalue weighted by molar-refractivity contribution is -0.131. The maximum absolute atomic E-state index is 12.3. The summed E-state index contributed by atoms with van der Waals surface area (Å²) in [6.07, 6.45) is 0. The Morgan fingerprint density at radius 3 is 2.59 bits per heavy atom. The van der Waals surface area contributed by atoms with Gasteiger partial charge in [-0.05, 0) is 44.5 Å². The molecule has 1 heterocycles. The van der Waals surface area contributed by atoms with Gasteiger partial charge in [-0.25, -0.2) is 0 Å². The lowest BCUT2D eigenvalue weighted by atomic mass is 10.2. The molecular formula is C19H23BrN4O4S. The average molecular weight is 483 g/mol. The Balaban J connectivity index is 1.77. The highest BCUT2D eigenvalue weighted by molar-refractivity contribution is 9.10. The zero-order chi connectivity index (χ0) is 21.6. The molecule has 2 aromatic rings. The number of carbonyl (C=O) groups excluding carboxylic acids is 3. The van der Waals surface area contributed by atoms with E-state index in [4.69, 9.17) is 4.52 Å². The van der Waals surface area contributed by atoms with Crippen LogP contribution in [0.15, 0.2) is 33.3 Å². The van der Waals surface area contributed by atoms with Crippen molar-refractivity contribution in [1.29, 1.82) is 0 Å². The molecule has 0 spiro atoms. The fraction of sp³-hybridized carbons (Fsp3) is 0.368. The smallest absolute Gasteiger partial charge is 0.243 e. The standard InChI is InChI=1S/C19H23BrN4O4S/c1-11-7-14(20)5-6-15(11)21-17(25)9-24(4)18(26)10-29-13(3)19(27)22-16-8-12(2)28-23-16/h5-8,13H,9-10H2,1-4H3,(H,21,25)(H,22,23,27)/t13-/m0/s1. The number of hydrogen-bond donors (Lipinski definition) is 2. The van der Waals surface area contributed by atoms with Gasteiger partial charge in [-0.3, -0.25) is 14.4 Å². The van der Waals surface area contributed by atoms with Gasteiger partial charge in [0.15, 0.2) is 5.82 Å². The number of carbonyl (C=O) groups is 3. The summed E-state index contributed by atoms with van der Waals surface area (Å²) >= 11 is 4.56. The van der Waals surface area contributed by atoms with E-state index in [0.717, 1.165) is 10.0 Å². The first-order valence-corrected chi connectivity index (χ1v) is 10.7. The Labute approximate surface area is 181 Å². The predicted octanol–water partition coefficient (Wildman–Crippen LogP) is 3.21. The van der Waals surface area contributed by atoms with Crippen molar-refractivity contribution in [3.05, 3.63) is 40.1 Å². The molecule has 2 rings (SSSR count). The Kier molecular flexibility index (Phi) is 8.27. The zero-order valence-electron chi connectivity index (χ0n) is 16.6. The topological polar surface area (TPSA) is 105 Å². The largest absolute Gasteiger partial charge is 0.360 e. The van der Waals surface area contributed by atoms with Crippen LogP contribution in [0, 0.1) is 13.8 Å². The van der Waals surface area contributed by atoms with E-state index in [2.05, 4.69) is 31.7 Å². The number of anilines is 2. The maximum atomic E-state index is 12.3. The molecule has 1 aromatic carbocycles. The molecule has 0 aliphatic carbocycles. The van der Waals surface area contributed by atoms with Gasteiger partial charge in [-0.15, -0.1) is 11.8 Å². The number of thioether (sulfide) groups is 1. The molecule has 1 atom stereocenters. The van der Waals surface area contributed by atoms with Crippen molar-refractivity contribution in [2.75, 3.05) is 30.0 Å². The summed E-state index contributed by atoms with van der Waals surface area (Å²) in [4.78, 5) is 38.0. The van der Waals surface area contributed by atoms with E-state index in [-0.39, 0.29) is 30.0 Å². The number of rotatable bonds is 8. The summed E-state index contributed by atoms with van der Waals surface area (Å²) in [5.74, 6) is 0.200. The molecule has 10 heteroatoms. The Morgan fingerprint density at radius 1 is 1.24 bits per heavy atom. The highest BCUT2D eigenvalue weighted by Gasteiger charge is 2.19. The summed E-state index contributed by atoms with van der Waals surface area (Å²) in [5, 5.41) is 8.65. The minimum atomic E-state index is -0.469. The number of aromatic nitrogens is 1. The second-order valence-corrected chi connectivity index (χ2v) is 8.77. The molecule has 0 fully saturated rings. The van der Waals surface area contributed by atoms with Crippen molar-refractivity contribution in [3.8, 4) is 0 Å². The summed E-state index contributed by atoms with van der Waals surface area (Å²) in [6.45, 7) is 5.24. The normalized spacial score (nSPS) is 11.6. The van der Waals surface area contributed by atoms with Crippen LogP contribution in [-0.4, -0.2) is 52.4 Å². The molecule has 8 nitrogen and oxygen atoms in total. The highest BCUT2D eigenvalue weighted by atomic mass is 79.9. The van der Waals surface area contributed by atoms with Crippen LogP contribution < -0.4 is 10.6 Å². The number of nitrogens with zero attached hydrogens (tertiary/aromatic N) is 2. The lowest BCUT2D eigenvalue weighted by Gasteiger charge is -2.18. The van der Waals surface area contributed by atoms with E-state index in [9.17, 15) is 14.4 Å². The van der Waals surface area contributed by atoms with Crippen LogP contribution in [0.25, 0.3) is 0 Å². The van der Waals surface area contributed by atoms with Crippen LogP contribution in [-0.2, 0) is 14.4 Å². The molecule has 3 amide bonds. The molecule has 0 radical (unpaired) electrons. The van der Waals surface area contributed by atoms with Gasteiger partial charge in [0.1, 0.15) is 5.76 Å². The number of likely N-dealkylation sites (N-methyl/N-ethyl adjacent to an activating group) is 1. The molecule has 0 aliphatic rings. The number of halogens is 1. The molecule has 0 aliphatic heterocycles. The second kappa shape index (κ2) is 10.4. The summed E-state index contributed by atoms with van der Waals surface area (Å²) < 4.78 is 5.82. The van der Waals surface area contributed by atoms with E-state index < -0.39 is 5.25 Å². The molecular weight excluding hydrogens is 460 g/mol. The second-order valence-electron chi connectivity index (χ2n) is 6.52. The van der Waals surface area contributed by atoms with Crippen LogP contribution >= 0.6 is 27.7 Å². The number of benzene rings is 1. The van der Waals surface area contributed by atoms with Gasteiger partial charge in [0.05, 0.1) is 17.5 Å². The molecule has 0 unspecified atom stereocenters. The van der Waals surface area contributed by atoms with Crippen molar-refractivity contribution in [3.63, 3.8) is 0 Å². The van der Waals surface area contributed by atoms with Crippen molar-refractivity contribution < 1.29 is 18.9 Å². The zero-order valence-corrected chi connectivity index (χ0v) is 19.0. The van der Waals surface area contributed by atoms with Gasteiger partial charge >= 0.3 is 0 Å². The third-order valence-electron chi connectivity index (χ3n) is 3.97. The maximum Gasteiger partial charge on any atom is 0.243 e. The van der Waals surface area contributed by atoms with Crippen molar-refractivity contribution in [2.45, 2.75) is 26.0 Å². The number of aryl methyl sites for hydroxylation is 2. The summed E-state index contributed by atoms with van der Waals surface area (Å²) in [5.41, 5.74) is 1.61. The molecule has 2 N–H and O–H groups in total. The summed E-state index contributed by atoms with van der Waals surface area (Å²) in [6, 6.07) is 7.14. The first-order chi connectivity index (χ1) is 13.7. The van der Waals surface area contributed by atoms with Crippen LogP contribution in [0.4, 0.5) is 11.5 Å². The van der Waals surface area contributed by atoms with Crippen LogP contribution in [0.3, 0.4) is 0 Å². The number of amides is 3. The molecule has 0 saturated heterocycles. The highest BCUT2D eigenvalue weighted by Crippen LogP contribution is 2.20. The van der Waals surface area contributed by atoms with Crippen LogP contribution in [0.2, 0.25) is 0 Å². The fourth-order valence-corrected chi connectivity index (χ4v) is 3.59. The lowest BCUT2D eigenvalue weighted by Crippen LogP contribution is -2.36. The third-order valence-corrected chi connectivity index (χ3v) is 5.60. The Hall–Kier alpha value is -2.33. The number of hydrogen-bond acceptors (Lipinski definition) is 6. The quantitative estimate of drug-likeness (QED) is 0.598. The van der Waals surface area contributed by atoms with Crippen LogP contribution in [0.5, 0.6) is 0 Å². The molecule has 1 aromatic heterocycles. The van der Waals surface area contributed by atoms with E-state index in [1.165, 1.54) is 16.7 Å². The SMILES string of the molecule is Cc1cc(NC(=O)[C@H](C)SCC(=O)N(C)CC(=O)Nc2ccc(Br)cc2C)no1. The third kappa shape index (κ3) is 7.21. The Bertz CT molecular complexity index is 902. The molecule has 0 saturated carbocycles. The molecule has 156 valence electrons. The minimum absolute atomic E-state index is 0.0757. The number of nitrogens with one attached hydrogen (secondary N) is 2. The van der Waals surface area contributed by atoms with Crippen molar-refractivity contribution in [2.24, 2.45) is 0 Å². The fourth-order valence-electron chi connectivity index (χ4n) is 2.30. The van der Waals surface area contributed by atoms with Gasteiger partial charge in [-0.2, -0.15) is 0 Å². The van der Waals surface area contributed by atoms with E-state index >= 15 is 0 Å². The van der Waals surface area contributed by atoms with Crippen molar-refractivity contribution >= 4 is 56.9 Å². The van der Waals surface area contributed by atoms with Gasteiger partial charge in [-0.1, -0.05) is 21.1 Å². The molecule has 0 bridgehead atoms. The van der Waals surface area contributed by atoms with Gasteiger partial charge in [0, 0.05) is 23.3 Å². The average Bonchev–Trinajstić information content (AvgIpc) is 3.06. The molecule has 29 heavy (non-hydrogen) atoms. The van der Waals surface area contributed by atoms with Gasteiger partial charge in [0.2, 0.25) is 17.7 Å². The summed E-state index contributed by atoms with van der Waals surface area (Å²) in [7, 11) is 1.56. The van der Waals surface area contributed by atoms with Gasteiger partial charge < -0.3 is 20.1 Å².